The molecule has 21 heavy (non-hydrogen) atoms. The van der Waals surface area contributed by atoms with Gasteiger partial charge in [-0.15, -0.1) is 23.1 Å². The van der Waals surface area contributed by atoms with Crippen molar-refractivity contribution in [3.8, 4) is 6.07 Å². The number of nitrogens with one attached hydrogen (secondary N) is 2. The average Bonchev–Trinajstić information content (AvgIpc) is 2.84. The van der Waals surface area contributed by atoms with Gasteiger partial charge in [0, 0.05) is 12.7 Å². The molecule has 1 rings (SSSR count). The van der Waals surface area contributed by atoms with Crippen molar-refractivity contribution in [2.75, 3.05) is 16.8 Å². The van der Waals surface area contributed by atoms with Crippen molar-refractivity contribution >= 4 is 45.9 Å². The number of nitrogens with zero attached hydrogens (tertiary/aromatic N) is 1. The van der Waals surface area contributed by atoms with E-state index < -0.39 is 17.9 Å². The van der Waals surface area contributed by atoms with Crippen LogP contribution in [0.25, 0.3) is 0 Å². The fraction of sp³-hybridized carbons (Fsp3) is 0.333. The molecule has 9 heteroatoms. The van der Waals surface area contributed by atoms with E-state index in [1.165, 1.54) is 18.3 Å². The molecule has 0 aliphatic heterocycles. The third-order valence-electron chi connectivity index (χ3n) is 2.23. The maximum atomic E-state index is 11.7. The maximum absolute atomic E-state index is 11.7. The number of carbonyl (C=O) groups excluding carboxylic acids is 2. The first-order chi connectivity index (χ1) is 9.93. The van der Waals surface area contributed by atoms with Crippen molar-refractivity contribution in [3.63, 3.8) is 0 Å². The molecule has 0 unspecified atom stereocenters. The number of nitriles is 1. The molecule has 0 aliphatic carbocycles. The highest BCUT2D eigenvalue weighted by Crippen LogP contribution is 2.22. The van der Waals surface area contributed by atoms with Crippen LogP contribution >= 0.6 is 23.1 Å². The standard InChI is InChI=1S/C12H13N3O4S2/c1-7(16)14-9(12(18)19)5-20-6-10(17)15-11-8(4-13)2-3-21-11/h2-3,9H,5-6H2,1H3,(H,14,16)(H,15,17)(H,18,19)/t9-/m0/s1. The number of carbonyl (C=O) groups is 3. The van der Waals surface area contributed by atoms with Crippen LogP contribution in [0.4, 0.5) is 5.00 Å². The number of anilines is 1. The molecule has 0 bridgehead atoms. The molecular formula is C12H13N3O4S2. The van der Waals surface area contributed by atoms with Crippen LogP contribution in [0.5, 0.6) is 0 Å². The van der Waals surface area contributed by atoms with E-state index in [0.29, 0.717) is 10.6 Å². The van der Waals surface area contributed by atoms with Crippen LogP contribution in [-0.2, 0) is 14.4 Å². The zero-order valence-electron chi connectivity index (χ0n) is 11.1. The van der Waals surface area contributed by atoms with Gasteiger partial charge in [0.2, 0.25) is 11.8 Å². The molecule has 2 amide bonds. The highest BCUT2D eigenvalue weighted by molar-refractivity contribution is 8.00. The zero-order chi connectivity index (χ0) is 15.8. The lowest BCUT2D eigenvalue weighted by atomic mass is 10.3. The SMILES string of the molecule is CC(=O)N[C@@H](CSCC(=O)Nc1sccc1C#N)C(=O)O. The van der Waals surface area contributed by atoms with Crippen molar-refractivity contribution in [3.05, 3.63) is 17.0 Å². The molecule has 1 aromatic rings. The Hall–Kier alpha value is -2.05. The molecule has 1 heterocycles. The highest BCUT2D eigenvalue weighted by atomic mass is 32.2. The molecule has 0 aliphatic rings. The lowest BCUT2D eigenvalue weighted by Gasteiger charge is -2.12. The van der Waals surface area contributed by atoms with Gasteiger partial charge in [-0.1, -0.05) is 0 Å². The molecule has 0 radical (unpaired) electrons. The number of hydrogen-bond acceptors (Lipinski definition) is 6. The number of thioether (sulfide) groups is 1. The lowest BCUT2D eigenvalue weighted by Crippen LogP contribution is -2.41. The fourth-order valence-electron chi connectivity index (χ4n) is 1.35. The largest absolute Gasteiger partial charge is 0.480 e. The molecule has 112 valence electrons. The molecule has 0 spiro atoms. The number of aliphatic carboxylic acids is 1. The van der Waals surface area contributed by atoms with E-state index in [-0.39, 0.29) is 17.4 Å². The molecule has 0 saturated heterocycles. The second kappa shape index (κ2) is 8.28. The molecule has 0 fully saturated rings. The van der Waals surface area contributed by atoms with Crippen LogP contribution in [-0.4, -0.2) is 40.4 Å². The first kappa shape index (κ1) is 17.0. The predicted molar refractivity (Wildman–Crippen MR) is 80.2 cm³/mol. The Morgan fingerprint density at radius 3 is 2.81 bits per heavy atom. The number of rotatable bonds is 7. The summed E-state index contributed by atoms with van der Waals surface area (Å²) in [6.45, 7) is 1.23. The Balaban J connectivity index is 2.41. The van der Waals surface area contributed by atoms with E-state index in [0.717, 1.165) is 11.8 Å². The lowest BCUT2D eigenvalue weighted by molar-refractivity contribution is -0.140. The maximum Gasteiger partial charge on any atom is 0.327 e. The molecule has 1 aromatic heterocycles. The minimum atomic E-state index is -1.15. The van der Waals surface area contributed by atoms with E-state index in [1.807, 2.05) is 6.07 Å². The molecule has 0 saturated carbocycles. The van der Waals surface area contributed by atoms with Crippen molar-refractivity contribution in [2.45, 2.75) is 13.0 Å². The summed E-state index contributed by atoms with van der Waals surface area (Å²) in [6, 6.07) is 2.53. The molecule has 7 nitrogen and oxygen atoms in total. The van der Waals surface area contributed by atoms with Gasteiger partial charge < -0.3 is 15.7 Å². The van der Waals surface area contributed by atoms with Gasteiger partial charge in [-0.3, -0.25) is 9.59 Å². The van der Waals surface area contributed by atoms with Gasteiger partial charge in [0.25, 0.3) is 0 Å². The Morgan fingerprint density at radius 1 is 1.52 bits per heavy atom. The Kier molecular flexibility index (Phi) is 6.71. The smallest absolute Gasteiger partial charge is 0.327 e. The second-order valence-electron chi connectivity index (χ2n) is 3.93. The normalized spacial score (nSPS) is 11.2. The van der Waals surface area contributed by atoms with Gasteiger partial charge in [-0.25, -0.2) is 4.79 Å². The molecular weight excluding hydrogens is 314 g/mol. The fourth-order valence-corrected chi connectivity index (χ4v) is 2.94. The molecule has 1 atom stereocenters. The second-order valence-corrected chi connectivity index (χ2v) is 5.88. The van der Waals surface area contributed by atoms with Crippen LogP contribution in [0.2, 0.25) is 0 Å². The summed E-state index contributed by atoms with van der Waals surface area (Å²) in [4.78, 5) is 33.4. The first-order valence-corrected chi connectivity index (χ1v) is 7.82. The summed E-state index contributed by atoms with van der Waals surface area (Å²) < 4.78 is 0. The summed E-state index contributed by atoms with van der Waals surface area (Å²) in [6.07, 6.45) is 0. The van der Waals surface area contributed by atoms with Gasteiger partial charge >= 0.3 is 5.97 Å². The Bertz CT molecular complexity index is 579. The number of amides is 2. The van der Waals surface area contributed by atoms with Gasteiger partial charge in [0.1, 0.15) is 17.1 Å². The minimum Gasteiger partial charge on any atom is -0.480 e. The summed E-state index contributed by atoms with van der Waals surface area (Å²) in [5.41, 5.74) is 0.389. The van der Waals surface area contributed by atoms with E-state index in [4.69, 9.17) is 10.4 Å². The number of hydrogen-bond donors (Lipinski definition) is 3. The van der Waals surface area contributed by atoms with E-state index in [1.54, 1.807) is 11.4 Å². The number of carboxylic acids is 1. The highest BCUT2D eigenvalue weighted by Gasteiger charge is 2.19. The Labute approximate surface area is 129 Å². The summed E-state index contributed by atoms with van der Waals surface area (Å²) in [5.74, 6) is -1.80. The third kappa shape index (κ3) is 5.85. The van der Waals surface area contributed by atoms with Crippen molar-refractivity contribution < 1.29 is 19.5 Å². The summed E-state index contributed by atoms with van der Waals surface area (Å²) in [7, 11) is 0. The van der Waals surface area contributed by atoms with Crippen LogP contribution < -0.4 is 10.6 Å². The van der Waals surface area contributed by atoms with Gasteiger partial charge in [-0.05, 0) is 11.4 Å². The third-order valence-corrected chi connectivity index (χ3v) is 4.10. The van der Waals surface area contributed by atoms with Gasteiger partial charge in [0.05, 0.1) is 11.3 Å². The minimum absolute atomic E-state index is 0.0339. The number of thiophene rings is 1. The van der Waals surface area contributed by atoms with Crippen LogP contribution in [0.15, 0.2) is 11.4 Å². The molecule has 3 N–H and O–H groups in total. The zero-order valence-corrected chi connectivity index (χ0v) is 12.7. The average molecular weight is 327 g/mol. The van der Waals surface area contributed by atoms with Gasteiger partial charge in [-0.2, -0.15) is 5.26 Å². The van der Waals surface area contributed by atoms with Crippen LogP contribution in [0.3, 0.4) is 0 Å². The number of carboxylic acid groups (broad SMARTS) is 1. The monoisotopic (exact) mass is 327 g/mol. The van der Waals surface area contributed by atoms with Crippen molar-refractivity contribution in [2.24, 2.45) is 0 Å². The van der Waals surface area contributed by atoms with E-state index in [9.17, 15) is 14.4 Å². The topological polar surface area (TPSA) is 119 Å². The summed E-state index contributed by atoms with van der Waals surface area (Å²) >= 11 is 2.33. The predicted octanol–water partition coefficient (Wildman–Crippen LogP) is 0.881. The molecule has 0 aromatic carbocycles. The van der Waals surface area contributed by atoms with Crippen molar-refractivity contribution in [1.82, 2.24) is 5.32 Å². The first-order valence-electron chi connectivity index (χ1n) is 5.79. The van der Waals surface area contributed by atoms with Crippen LogP contribution in [0.1, 0.15) is 12.5 Å². The van der Waals surface area contributed by atoms with E-state index in [2.05, 4.69) is 10.6 Å². The van der Waals surface area contributed by atoms with Crippen molar-refractivity contribution in [1.29, 1.82) is 5.26 Å². The Morgan fingerprint density at radius 2 is 2.24 bits per heavy atom. The summed E-state index contributed by atoms with van der Waals surface area (Å²) in [5, 5.41) is 24.7. The van der Waals surface area contributed by atoms with E-state index >= 15 is 0 Å². The van der Waals surface area contributed by atoms with Crippen LogP contribution in [0, 0.1) is 11.3 Å². The quantitative estimate of drug-likeness (QED) is 0.684. The van der Waals surface area contributed by atoms with Gasteiger partial charge in [0.15, 0.2) is 0 Å².